The molecule has 0 amide bonds. The molecule has 106 valence electrons. The predicted octanol–water partition coefficient (Wildman–Crippen LogP) is 2.57. The highest BCUT2D eigenvalue weighted by molar-refractivity contribution is 5.41. The number of phenolic OH excluding ortho intramolecular Hbond substituents is 1. The second-order valence-corrected chi connectivity index (χ2v) is 5.13. The summed E-state index contributed by atoms with van der Waals surface area (Å²) in [4.78, 5) is 2.36. The Hall–Kier alpha value is -1.26. The van der Waals surface area contributed by atoms with Crippen LogP contribution in [-0.2, 0) is 4.74 Å². The van der Waals surface area contributed by atoms with E-state index < -0.39 is 0 Å². The van der Waals surface area contributed by atoms with Crippen molar-refractivity contribution in [1.82, 2.24) is 4.90 Å². The smallest absolute Gasteiger partial charge is 0.124 e. The summed E-state index contributed by atoms with van der Waals surface area (Å²) in [6, 6.07) is 5.68. The summed E-state index contributed by atoms with van der Waals surface area (Å²) in [6.07, 6.45) is 1.27. The Bertz CT molecular complexity index is 422. The van der Waals surface area contributed by atoms with Crippen LogP contribution in [0.15, 0.2) is 18.2 Å². The van der Waals surface area contributed by atoms with Gasteiger partial charge in [0.15, 0.2) is 0 Å². The second kappa shape index (κ2) is 6.26. The normalized spacial score (nSPS) is 22.8. The van der Waals surface area contributed by atoms with Gasteiger partial charge in [-0.05, 0) is 26.3 Å². The molecule has 2 atom stereocenters. The minimum absolute atomic E-state index is 0.176. The van der Waals surface area contributed by atoms with Gasteiger partial charge in [-0.15, -0.1) is 0 Å². The van der Waals surface area contributed by atoms with E-state index in [4.69, 9.17) is 9.47 Å². The van der Waals surface area contributed by atoms with Crippen LogP contribution in [0.4, 0.5) is 0 Å². The molecule has 4 heteroatoms. The summed E-state index contributed by atoms with van der Waals surface area (Å²) in [5.41, 5.74) is 0.940. The molecule has 4 nitrogen and oxygen atoms in total. The molecule has 0 bridgehead atoms. The van der Waals surface area contributed by atoms with E-state index in [-0.39, 0.29) is 12.1 Å². The highest BCUT2D eigenvalue weighted by Crippen LogP contribution is 2.32. The molecule has 1 fully saturated rings. The van der Waals surface area contributed by atoms with Gasteiger partial charge in [0.1, 0.15) is 11.5 Å². The van der Waals surface area contributed by atoms with E-state index >= 15 is 0 Å². The van der Waals surface area contributed by atoms with Gasteiger partial charge in [0.2, 0.25) is 0 Å². The highest BCUT2D eigenvalue weighted by Gasteiger charge is 2.22. The van der Waals surface area contributed by atoms with E-state index in [2.05, 4.69) is 18.7 Å². The number of rotatable bonds is 3. The first-order valence-electron chi connectivity index (χ1n) is 6.84. The van der Waals surface area contributed by atoms with Crippen molar-refractivity contribution in [2.45, 2.75) is 32.4 Å². The van der Waals surface area contributed by atoms with Gasteiger partial charge in [-0.1, -0.05) is 6.07 Å². The van der Waals surface area contributed by atoms with Crippen molar-refractivity contribution in [3.8, 4) is 11.5 Å². The first kappa shape index (κ1) is 14.2. The molecule has 1 aromatic carbocycles. The Morgan fingerprint density at radius 1 is 1.47 bits per heavy atom. The van der Waals surface area contributed by atoms with Crippen molar-refractivity contribution in [2.24, 2.45) is 0 Å². The van der Waals surface area contributed by atoms with Crippen LogP contribution < -0.4 is 4.74 Å². The van der Waals surface area contributed by atoms with Gasteiger partial charge in [0.05, 0.1) is 13.2 Å². The lowest BCUT2D eigenvalue weighted by Crippen LogP contribution is -2.32. The SMILES string of the molecule is COc1ccc(C(C)N2CCCOC(C)C2)c(O)c1. The molecule has 1 aliphatic rings. The molecule has 1 saturated heterocycles. The van der Waals surface area contributed by atoms with Crippen LogP contribution in [-0.4, -0.2) is 42.9 Å². The summed E-state index contributed by atoms with van der Waals surface area (Å²) in [5.74, 6) is 0.977. The fourth-order valence-corrected chi connectivity index (χ4v) is 2.58. The summed E-state index contributed by atoms with van der Waals surface area (Å²) in [7, 11) is 1.60. The Labute approximate surface area is 114 Å². The number of phenols is 1. The largest absolute Gasteiger partial charge is 0.507 e. The first-order chi connectivity index (χ1) is 9.11. The lowest BCUT2D eigenvalue weighted by Gasteiger charge is -2.29. The summed E-state index contributed by atoms with van der Waals surface area (Å²) < 4.78 is 10.8. The quantitative estimate of drug-likeness (QED) is 0.912. The number of ether oxygens (including phenoxy) is 2. The lowest BCUT2D eigenvalue weighted by molar-refractivity contribution is 0.0618. The van der Waals surface area contributed by atoms with Gasteiger partial charge in [0.25, 0.3) is 0 Å². The van der Waals surface area contributed by atoms with Crippen LogP contribution in [0.1, 0.15) is 31.9 Å². The number of nitrogens with zero attached hydrogens (tertiary/aromatic N) is 1. The molecule has 0 aliphatic carbocycles. The summed E-state index contributed by atoms with van der Waals surface area (Å²) in [5, 5.41) is 10.1. The van der Waals surface area contributed by atoms with Gasteiger partial charge in [-0.2, -0.15) is 0 Å². The maximum Gasteiger partial charge on any atom is 0.124 e. The van der Waals surface area contributed by atoms with Gasteiger partial charge >= 0.3 is 0 Å². The topological polar surface area (TPSA) is 41.9 Å². The molecular weight excluding hydrogens is 242 g/mol. The Morgan fingerprint density at radius 2 is 2.26 bits per heavy atom. The fourth-order valence-electron chi connectivity index (χ4n) is 2.58. The van der Waals surface area contributed by atoms with E-state index in [1.54, 1.807) is 13.2 Å². The summed E-state index contributed by atoms with van der Waals surface area (Å²) in [6.45, 7) is 6.93. The molecule has 0 radical (unpaired) electrons. The molecular formula is C15H23NO3. The molecule has 2 unspecified atom stereocenters. The lowest BCUT2D eigenvalue weighted by atomic mass is 10.0. The van der Waals surface area contributed by atoms with Crippen molar-refractivity contribution >= 4 is 0 Å². The van der Waals surface area contributed by atoms with Crippen molar-refractivity contribution in [2.75, 3.05) is 26.8 Å². The van der Waals surface area contributed by atoms with Crippen molar-refractivity contribution in [3.63, 3.8) is 0 Å². The molecule has 1 N–H and O–H groups in total. The fraction of sp³-hybridized carbons (Fsp3) is 0.600. The molecule has 0 aromatic heterocycles. The molecule has 19 heavy (non-hydrogen) atoms. The molecule has 2 rings (SSSR count). The van der Waals surface area contributed by atoms with E-state index in [0.717, 1.165) is 31.7 Å². The van der Waals surface area contributed by atoms with E-state index in [1.807, 2.05) is 12.1 Å². The van der Waals surface area contributed by atoms with E-state index in [1.165, 1.54) is 0 Å². The highest BCUT2D eigenvalue weighted by atomic mass is 16.5. The zero-order chi connectivity index (χ0) is 13.8. The van der Waals surface area contributed by atoms with Gasteiger partial charge in [0, 0.05) is 37.4 Å². The first-order valence-corrected chi connectivity index (χ1v) is 6.84. The minimum Gasteiger partial charge on any atom is -0.507 e. The van der Waals surface area contributed by atoms with Crippen LogP contribution >= 0.6 is 0 Å². The Balaban J connectivity index is 2.15. The second-order valence-electron chi connectivity index (χ2n) is 5.13. The number of aromatic hydroxyl groups is 1. The summed E-state index contributed by atoms with van der Waals surface area (Å²) >= 11 is 0. The average Bonchev–Trinajstić information content (AvgIpc) is 2.62. The number of benzene rings is 1. The van der Waals surface area contributed by atoms with Crippen LogP contribution in [0.25, 0.3) is 0 Å². The van der Waals surface area contributed by atoms with Crippen LogP contribution in [0.2, 0.25) is 0 Å². The Kier molecular flexibility index (Phi) is 4.66. The Morgan fingerprint density at radius 3 is 2.95 bits per heavy atom. The number of hydrogen-bond donors (Lipinski definition) is 1. The van der Waals surface area contributed by atoms with Crippen LogP contribution in [0.3, 0.4) is 0 Å². The zero-order valence-electron chi connectivity index (χ0n) is 11.9. The predicted molar refractivity (Wildman–Crippen MR) is 74.7 cm³/mol. The van der Waals surface area contributed by atoms with Crippen molar-refractivity contribution in [1.29, 1.82) is 0 Å². The monoisotopic (exact) mass is 265 g/mol. The molecule has 1 aromatic rings. The van der Waals surface area contributed by atoms with Crippen molar-refractivity contribution < 1.29 is 14.6 Å². The molecule has 1 heterocycles. The third kappa shape index (κ3) is 3.39. The number of hydrogen-bond acceptors (Lipinski definition) is 4. The van der Waals surface area contributed by atoms with Crippen LogP contribution in [0.5, 0.6) is 11.5 Å². The van der Waals surface area contributed by atoms with Crippen molar-refractivity contribution in [3.05, 3.63) is 23.8 Å². The van der Waals surface area contributed by atoms with Gasteiger partial charge < -0.3 is 14.6 Å². The molecule has 0 spiro atoms. The third-order valence-corrected chi connectivity index (χ3v) is 3.72. The zero-order valence-corrected chi connectivity index (χ0v) is 11.9. The van der Waals surface area contributed by atoms with E-state index in [9.17, 15) is 5.11 Å². The average molecular weight is 265 g/mol. The van der Waals surface area contributed by atoms with E-state index in [0.29, 0.717) is 11.5 Å². The van der Waals surface area contributed by atoms with Gasteiger partial charge in [-0.25, -0.2) is 0 Å². The third-order valence-electron chi connectivity index (χ3n) is 3.72. The van der Waals surface area contributed by atoms with Gasteiger partial charge in [-0.3, -0.25) is 4.90 Å². The molecule has 0 saturated carbocycles. The maximum atomic E-state index is 10.1. The maximum absolute atomic E-state index is 10.1. The van der Waals surface area contributed by atoms with Crippen LogP contribution in [0, 0.1) is 0 Å². The minimum atomic E-state index is 0.176. The number of methoxy groups -OCH3 is 1. The standard InChI is InChI=1S/C15H23NO3/c1-11-10-16(7-4-8-19-11)12(2)14-6-5-13(18-3)9-15(14)17/h5-6,9,11-12,17H,4,7-8,10H2,1-3H3. The molecule has 1 aliphatic heterocycles.